The Hall–Kier alpha value is -2.26. The molecule has 0 radical (unpaired) electrons. The Kier molecular flexibility index (Phi) is 5.85. The number of hydrogen-bond donors (Lipinski definition) is 1. The van der Waals surface area contributed by atoms with E-state index in [2.05, 4.69) is 27.4 Å². The fourth-order valence-corrected chi connectivity index (χ4v) is 1.93. The number of nitrogens with zero attached hydrogens (tertiary/aromatic N) is 2. The molecule has 1 N–H and O–H groups in total. The van der Waals surface area contributed by atoms with Crippen LogP contribution in [0, 0.1) is 0 Å². The summed E-state index contributed by atoms with van der Waals surface area (Å²) >= 11 is 0. The second-order valence-corrected chi connectivity index (χ2v) is 4.78. The Labute approximate surface area is 126 Å². The summed E-state index contributed by atoms with van der Waals surface area (Å²) in [6.45, 7) is 4.86. The summed E-state index contributed by atoms with van der Waals surface area (Å²) in [6.07, 6.45) is 5.76. The molecule has 0 saturated carbocycles. The minimum atomic E-state index is 0.0591. The van der Waals surface area contributed by atoms with Crippen LogP contribution in [0.3, 0.4) is 0 Å². The lowest BCUT2D eigenvalue weighted by atomic mass is 10.2. The van der Waals surface area contributed by atoms with Gasteiger partial charge in [-0.1, -0.05) is 42.5 Å². The number of benzene rings is 1. The highest BCUT2D eigenvalue weighted by Crippen LogP contribution is 2.08. The molecule has 0 amide bonds. The summed E-state index contributed by atoms with van der Waals surface area (Å²) in [7, 11) is 0. The van der Waals surface area contributed by atoms with Gasteiger partial charge in [0.25, 0.3) is 0 Å². The minimum absolute atomic E-state index is 0.0591. The highest BCUT2D eigenvalue weighted by Gasteiger charge is 2.00. The SMILES string of the molecule is C/C=C(\C=N/C(C)NCc1ccccc1)c1ccccn1. The molecule has 0 aliphatic heterocycles. The zero-order valence-electron chi connectivity index (χ0n) is 12.5. The van der Waals surface area contributed by atoms with Crippen LogP contribution in [0.1, 0.15) is 25.1 Å². The molecule has 0 spiro atoms. The maximum atomic E-state index is 4.54. The Balaban J connectivity index is 1.90. The van der Waals surface area contributed by atoms with Gasteiger partial charge in [-0.2, -0.15) is 0 Å². The van der Waals surface area contributed by atoms with Crippen molar-refractivity contribution in [3.05, 3.63) is 72.1 Å². The van der Waals surface area contributed by atoms with Crippen molar-refractivity contribution in [2.75, 3.05) is 0 Å². The van der Waals surface area contributed by atoms with Crippen molar-refractivity contribution in [3.8, 4) is 0 Å². The molecule has 0 saturated heterocycles. The summed E-state index contributed by atoms with van der Waals surface area (Å²) in [6, 6.07) is 16.2. The third kappa shape index (κ3) is 4.97. The number of nitrogens with one attached hydrogen (secondary N) is 1. The minimum Gasteiger partial charge on any atom is -0.292 e. The van der Waals surface area contributed by atoms with Crippen LogP contribution >= 0.6 is 0 Å². The van der Waals surface area contributed by atoms with E-state index in [0.717, 1.165) is 17.8 Å². The molecule has 2 aromatic rings. The van der Waals surface area contributed by atoms with Crippen molar-refractivity contribution >= 4 is 11.8 Å². The summed E-state index contributed by atoms with van der Waals surface area (Å²) in [4.78, 5) is 8.88. The van der Waals surface area contributed by atoms with Crippen LogP contribution in [0.5, 0.6) is 0 Å². The van der Waals surface area contributed by atoms with E-state index in [9.17, 15) is 0 Å². The van der Waals surface area contributed by atoms with E-state index >= 15 is 0 Å². The van der Waals surface area contributed by atoms with Crippen molar-refractivity contribution in [2.24, 2.45) is 4.99 Å². The lowest BCUT2D eigenvalue weighted by Crippen LogP contribution is -2.23. The predicted molar refractivity (Wildman–Crippen MR) is 89.1 cm³/mol. The van der Waals surface area contributed by atoms with E-state index < -0.39 is 0 Å². The first-order valence-electron chi connectivity index (χ1n) is 7.18. The van der Waals surface area contributed by atoms with Gasteiger partial charge in [0.15, 0.2) is 0 Å². The van der Waals surface area contributed by atoms with E-state index in [-0.39, 0.29) is 6.17 Å². The van der Waals surface area contributed by atoms with Crippen LogP contribution in [0.2, 0.25) is 0 Å². The molecule has 1 unspecified atom stereocenters. The van der Waals surface area contributed by atoms with E-state index in [4.69, 9.17) is 0 Å². The fraction of sp³-hybridized carbons (Fsp3) is 0.222. The first kappa shape index (κ1) is 15.1. The third-order valence-electron chi connectivity index (χ3n) is 3.15. The van der Waals surface area contributed by atoms with Gasteiger partial charge in [0.2, 0.25) is 0 Å². The second kappa shape index (κ2) is 8.12. The molecule has 0 aliphatic rings. The van der Waals surface area contributed by atoms with Crippen molar-refractivity contribution in [2.45, 2.75) is 26.6 Å². The quantitative estimate of drug-likeness (QED) is 0.819. The molecule has 3 heteroatoms. The predicted octanol–water partition coefficient (Wildman–Crippen LogP) is 3.69. The maximum Gasteiger partial charge on any atom is 0.0968 e. The molecular formula is C18H21N3. The smallest absolute Gasteiger partial charge is 0.0968 e. The van der Waals surface area contributed by atoms with Gasteiger partial charge in [-0.05, 0) is 31.5 Å². The second-order valence-electron chi connectivity index (χ2n) is 4.78. The number of aromatic nitrogens is 1. The van der Waals surface area contributed by atoms with Crippen LogP contribution in [-0.2, 0) is 6.54 Å². The van der Waals surface area contributed by atoms with Crippen LogP contribution < -0.4 is 5.32 Å². The summed E-state index contributed by atoms with van der Waals surface area (Å²) < 4.78 is 0. The number of hydrogen-bond acceptors (Lipinski definition) is 3. The topological polar surface area (TPSA) is 37.3 Å². The zero-order valence-corrected chi connectivity index (χ0v) is 12.5. The van der Waals surface area contributed by atoms with Crippen LogP contribution in [0.4, 0.5) is 0 Å². The molecule has 3 nitrogen and oxygen atoms in total. The van der Waals surface area contributed by atoms with E-state index in [0.29, 0.717) is 0 Å². The Morgan fingerprint density at radius 1 is 1.19 bits per heavy atom. The van der Waals surface area contributed by atoms with Gasteiger partial charge in [0, 0.05) is 24.5 Å². The van der Waals surface area contributed by atoms with Crippen molar-refractivity contribution < 1.29 is 0 Å². The number of rotatable bonds is 6. The van der Waals surface area contributed by atoms with E-state index in [1.165, 1.54) is 5.56 Å². The van der Waals surface area contributed by atoms with Gasteiger partial charge < -0.3 is 0 Å². The largest absolute Gasteiger partial charge is 0.292 e. The van der Waals surface area contributed by atoms with Gasteiger partial charge in [-0.15, -0.1) is 0 Å². The van der Waals surface area contributed by atoms with Crippen LogP contribution in [0.25, 0.3) is 5.57 Å². The highest BCUT2D eigenvalue weighted by atomic mass is 15.0. The molecule has 0 aliphatic carbocycles. The van der Waals surface area contributed by atoms with Crippen LogP contribution in [0.15, 0.2) is 65.8 Å². The molecule has 1 heterocycles. The average Bonchev–Trinajstić information content (AvgIpc) is 2.55. The van der Waals surface area contributed by atoms with E-state index in [1.54, 1.807) is 6.20 Å². The third-order valence-corrected chi connectivity index (χ3v) is 3.15. The molecule has 0 bridgehead atoms. The summed E-state index contributed by atoms with van der Waals surface area (Å²) in [5.74, 6) is 0. The highest BCUT2D eigenvalue weighted by molar-refractivity contribution is 6.08. The monoisotopic (exact) mass is 279 g/mol. The van der Waals surface area contributed by atoms with Crippen molar-refractivity contribution in [1.82, 2.24) is 10.3 Å². The molecule has 1 atom stereocenters. The van der Waals surface area contributed by atoms with Gasteiger partial charge in [-0.3, -0.25) is 15.3 Å². The molecule has 1 aromatic carbocycles. The standard InChI is InChI=1S/C18H21N3/c1-3-17(18-11-7-8-12-19-18)14-21-15(2)20-13-16-9-5-4-6-10-16/h3-12,14-15,20H,13H2,1-2H3/b17-3+,21-14-. The lowest BCUT2D eigenvalue weighted by Gasteiger charge is -2.09. The van der Waals surface area contributed by atoms with Crippen molar-refractivity contribution in [1.29, 1.82) is 0 Å². The summed E-state index contributed by atoms with van der Waals surface area (Å²) in [5, 5.41) is 3.38. The molecular weight excluding hydrogens is 258 g/mol. The molecule has 0 fully saturated rings. The molecule has 1 aromatic heterocycles. The van der Waals surface area contributed by atoms with Crippen molar-refractivity contribution in [3.63, 3.8) is 0 Å². The summed E-state index contributed by atoms with van der Waals surface area (Å²) in [5.41, 5.74) is 3.23. The van der Waals surface area contributed by atoms with Gasteiger partial charge >= 0.3 is 0 Å². The lowest BCUT2D eigenvalue weighted by molar-refractivity contribution is 0.571. The average molecular weight is 279 g/mol. The fourth-order valence-electron chi connectivity index (χ4n) is 1.93. The first-order valence-corrected chi connectivity index (χ1v) is 7.18. The normalized spacial score (nSPS) is 13.5. The Bertz CT molecular complexity index is 588. The Morgan fingerprint density at radius 2 is 1.95 bits per heavy atom. The Morgan fingerprint density at radius 3 is 2.62 bits per heavy atom. The number of pyridine rings is 1. The van der Waals surface area contributed by atoms with E-state index in [1.807, 2.05) is 62.5 Å². The zero-order chi connectivity index (χ0) is 14.9. The number of allylic oxidation sites excluding steroid dienone is 2. The molecule has 21 heavy (non-hydrogen) atoms. The van der Waals surface area contributed by atoms with Gasteiger partial charge in [0.05, 0.1) is 11.9 Å². The molecule has 2 rings (SSSR count). The van der Waals surface area contributed by atoms with Gasteiger partial charge in [0.1, 0.15) is 0 Å². The van der Waals surface area contributed by atoms with Gasteiger partial charge in [-0.25, -0.2) is 0 Å². The maximum absolute atomic E-state index is 4.54. The number of aliphatic imine (C=N–C) groups is 1. The van der Waals surface area contributed by atoms with Crippen LogP contribution in [-0.4, -0.2) is 17.4 Å². The first-order chi connectivity index (χ1) is 10.3. The molecule has 108 valence electrons.